The van der Waals surface area contributed by atoms with Crippen LogP contribution in [0.25, 0.3) is 0 Å². The van der Waals surface area contributed by atoms with Gasteiger partial charge in [0.1, 0.15) is 5.76 Å². The Labute approximate surface area is 166 Å². The first-order valence-electron chi connectivity index (χ1n) is 9.56. The van der Waals surface area contributed by atoms with Crippen LogP contribution in [0.15, 0.2) is 52.0 Å². The molecule has 1 unspecified atom stereocenters. The number of carbonyl (C=O) groups excluding carboxylic acids is 1. The number of rotatable bonds is 9. The number of nitrogens with zero attached hydrogens (tertiary/aromatic N) is 1. The van der Waals surface area contributed by atoms with E-state index in [1.165, 1.54) is 19.9 Å². The number of carbonyl (C=O) groups is 1. The van der Waals surface area contributed by atoms with Crippen molar-refractivity contribution in [2.75, 3.05) is 26.7 Å². The average molecular weight is 406 g/mol. The maximum atomic E-state index is 12.3. The molecule has 1 aliphatic heterocycles. The second-order valence-corrected chi connectivity index (χ2v) is 8.82. The van der Waals surface area contributed by atoms with E-state index >= 15 is 0 Å². The first-order chi connectivity index (χ1) is 13.5. The summed E-state index contributed by atoms with van der Waals surface area (Å²) in [4.78, 5) is 14.9. The van der Waals surface area contributed by atoms with Gasteiger partial charge < -0.3 is 9.73 Å². The molecule has 1 saturated heterocycles. The second kappa shape index (κ2) is 9.36. The average Bonchev–Trinajstić information content (AvgIpc) is 3.42. The summed E-state index contributed by atoms with van der Waals surface area (Å²) >= 11 is 0. The topological polar surface area (TPSA) is 91.6 Å². The van der Waals surface area contributed by atoms with Crippen LogP contribution in [0, 0.1) is 0 Å². The van der Waals surface area contributed by atoms with Crippen LogP contribution in [0.5, 0.6) is 0 Å². The molecule has 0 radical (unpaired) electrons. The van der Waals surface area contributed by atoms with Crippen molar-refractivity contribution in [2.24, 2.45) is 0 Å². The fourth-order valence-electron chi connectivity index (χ4n) is 3.45. The van der Waals surface area contributed by atoms with Gasteiger partial charge in [0.15, 0.2) is 0 Å². The van der Waals surface area contributed by atoms with Crippen molar-refractivity contribution in [3.63, 3.8) is 0 Å². The summed E-state index contributed by atoms with van der Waals surface area (Å²) < 4.78 is 31.3. The smallest absolute Gasteiger partial charge is 0.240 e. The van der Waals surface area contributed by atoms with Crippen LogP contribution in [-0.2, 0) is 21.2 Å². The summed E-state index contributed by atoms with van der Waals surface area (Å²) in [5, 5.41) is 3.02. The fourth-order valence-corrected chi connectivity index (χ4v) is 4.18. The highest BCUT2D eigenvalue weighted by Crippen LogP contribution is 2.24. The number of amides is 1. The van der Waals surface area contributed by atoms with Crippen LogP contribution in [0.4, 0.5) is 0 Å². The first kappa shape index (κ1) is 20.6. The van der Waals surface area contributed by atoms with Gasteiger partial charge in [-0.05, 0) is 69.2 Å². The molecular weight excluding hydrogens is 378 g/mol. The molecule has 7 nitrogen and oxygen atoms in total. The maximum Gasteiger partial charge on any atom is 0.240 e. The van der Waals surface area contributed by atoms with Crippen LogP contribution >= 0.6 is 0 Å². The summed E-state index contributed by atoms with van der Waals surface area (Å²) in [6.07, 6.45) is 4.91. The van der Waals surface area contributed by atoms with Crippen molar-refractivity contribution in [1.82, 2.24) is 14.9 Å². The number of hydrogen-bond acceptors (Lipinski definition) is 5. The van der Waals surface area contributed by atoms with Crippen LogP contribution in [0.3, 0.4) is 0 Å². The van der Waals surface area contributed by atoms with E-state index in [2.05, 4.69) is 14.9 Å². The molecule has 2 heterocycles. The molecule has 8 heteroatoms. The number of benzene rings is 1. The highest BCUT2D eigenvalue weighted by Gasteiger charge is 2.25. The highest BCUT2D eigenvalue weighted by atomic mass is 32.2. The molecule has 1 aliphatic rings. The number of likely N-dealkylation sites (tertiary alicyclic amines) is 1. The molecule has 3 rings (SSSR count). The molecule has 0 bridgehead atoms. The third kappa shape index (κ3) is 5.21. The Hall–Kier alpha value is -2.16. The monoisotopic (exact) mass is 405 g/mol. The van der Waals surface area contributed by atoms with Crippen LogP contribution in [0.2, 0.25) is 0 Å². The normalized spacial score (nSPS) is 16.2. The molecule has 1 fully saturated rings. The lowest BCUT2D eigenvalue weighted by molar-refractivity contribution is -0.121. The van der Waals surface area contributed by atoms with E-state index in [-0.39, 0.29) is 16.8 Å². The first-order valence-corrected chi connectivity index (χ1v) is 11.0. The molecule has 1 atom stereocenters. The minimum Gasteiger partial charge on any atom is -0.468 e. The Morgan fingerprint density at radius 2 is 1.89 bits per heavy atom. The largest absolute Gasteiger partial charge is 0.468 e. The number of sulfonamides is 1. The Morgan fingerprint density at radius 3 is 2.50 bits per heavy atom. The molecule has 2 aromatic rings. The van der Waals surface area contributed by atoms with E-state index in [1.807, 2.05) is 12.1 Å². The third-order valence-corrected chi connectivity index (χ3v) is 6.52. The zero-order valence-corrected chi connectivity index (χ0v) is 16.9. The third-order valence-electron chi connectivity index (χ3n) is 5.09. The number of hydrogen-bond donors (Lipinski definition) is 2. The molecule has 28 heavy (non-hydrogen) atoms. The predicted octanol–water partition coefficient (Wildman–Crippen LogP) is 2.07. The van der Waals surface area contributed by atoms with Crippen LogP contribution in [-0.4, -0.2) is 45.9 Å². The molecule has 1 amide bonds. The molecule has 0 spiro atoms. The lowest BCUT2D eigenvalue weighted by atomic mass is 10.1. The van der Waals surface area contributed by atoms with Gasteiger partial charge in [-0.3, -0.25) is 9.69 Å². The van der Waals surface area contributed by atoms with Crippen LogP contribution in [0.1, 0.15) is 36.6 Å². The number of nitrogens with one attached hydrogen (secondary N) is 2. The lowest BCUT2D eigenvalue weighted by Gasteiger charge is -2.26. The number of aryl methyl sites for hydroxylation is 1. The molecular formula is C20H27N3O4S. The highest BCUT2D eigenvalue weighted by molar-refractivity contribution is 7.89. The standard InChI is InChI=1S/C20H27N3O4S/c1-21-28(25,26)17-9-6-16(7-10-17)8-11-20(24)22-15-18(19-5-4-14-27-19)23-12-2-3-13-23/h4-7,9-10,14,18,21H,2-3,8,11-13,15H2,1H3,(H,22,24). The van der Waals surface area contributed by atoms with Gasteiger partial charge >= 0.3 is 0 Å². The van der Waals surface area contributed by atoms with Gasteiger partial charge in [0.05, 0.1) is 17.2 Å². The van der Waals surface area contributed by atoms with Crippen molar-refractivity contribution in [3.8, 4) is 0 Å². The van der Waals surface area contributed by atoms with E-state index in [0.29, 0.717) is 19.4 Å². The van der Waals surface area contributed by atoms with Gasteiger partial charge in [-0.15, -0.1) is 0 Å². The minimum absolute atomic E-state index is 0.0253. The molecule has 1 aromatic carbocycles. The van der Waals surface area contributed by atoms with Crippen molar-refractivity contribution in [2.45, 2.75) is 36.6 Å². The lowest BCUT2D eigenvalue weighted by Crippen LogP contribution is -2.36. The van der Waals surface area contributed by atoms with E-state index in [4.69, 9.17) is 4.42 Å². The minimum atomic E-state index is -3.44. The summed E-state index contributed by atoms with van der Waals surface area (Å²) in [6, 6.07) is 10.5. The predicted molar refractivity (Wildman–Crippen MR) is 106 cm³/mol. The molecule has 1 aromatic heterocycles. The van der Waals surface area contributed by atoms with E-state index in [1.54, 1.807) is 30.5 Å². The summed E-state index contributed by atoms with van der Waals surface area (Å²) in [5.41, 5.74) is 0.923. The SMILES string of the molecule is CNS(=O)(=O)c1ccc(CCC(=O)NCC(c2ccco2)N2CCCC2)cc1. The van der Waals surface area contributed by atoms with Crippen molar-refractivity contribution in [1.29, 1.82) is 0 Å². The van der Waals surface area contributed by atoms with Crippen LogP contribution < -0.4 is 10.0 Å². The van der Waals surface area contributed by atoms with Crippen molar-refractivity contribution >= 4 is 15.9 Å². The zero-order chi connectivity index (χ0) is 20.0. The Bertz CT molecular complexity index is 857. The van der Waals surface area contributed by atoms with Gasteiger partial charge in [0.25, 0.3) is 0 Å². The summed E-state index contributed by atoms with van der Waals surface area (Å²) in [6.45, 7) is 2.55. The van der Waals surface area contributed by atoms with Gasteiger partial charge in [0.2, 0.25) is 15.9 Å². The van der Waals surface area contributed by atoms with Gasteiger partial charge in [0, 0.05) is 13.0 Å². The van der Waals surface area contributed by atoms with Gasteiger partial charge in [-0.2, -0.15) is 0 Å². The summed E-state index contributed by atoms with van der Waals surface area (Å²) in [7, 11) is -2.06. The molecule has 152 valence electrons. The molecule has 0 aliphatic carbocycles. The van der Waals surface area contributed by atoms with E-state index < -0.39 is 10.0 Å². The maximum absolute atomic E-state index is 12.3. The quantitative estimate of drug-likeness (QED) is 0.666. The summed E-state index contributed by atoms with van der Waals surface area (Å²) in [5.74, 6) is 0.853. The number of furan rings is 1. The molecule has 0 saturated carbocycles. The van der Waals surface area contributed by atoms with E-state index in [9.17, 15) is 13.2 Å². The van der Waals surface area contributed by atoms with Gasteiger partial charge in [-0.25, -0.2) is 13.1 Å². The Morgan fingerprint density at radius 1 is 1.18 bits per heavy atom. The molecule has 2 N–H and O–H groups in total. The Balaban J connectivity index is 1.51. The van der Waals surface area contributed by atoms with Crippen molar-refractivity contribution < 1.29 is 17.6 Å². The fraction of sp³-hybridized carbons (Fsp3) is 0.450. The Kier molecular flexibility index (Phi) is 6.88. The van der Waals surface area contributed by atoms with E-state index in [0.717, 1.165) is 24.4 Å². The second-order valence-electron chi connectivity index (χ2n) is 6.93. The van der Waals surface area contributed by atoms with Crippen molar-refractivity contribution in [3.05, 3.63) is 54.0 Å². The van der Waals surface area contributed by atoms with Gasteiger partial charge in [-0.1, -0.05) is 12.1 Å². The zero-order valence-electron chi connectivity index (χ0n) is 16.1.